The Kier molecular flexibility index (Phi) is 11.3. The highest BCUT2D eigenvalue weighted by atomic mass is 28.3. The van der Waals surface area contributed by atoms with Gasteiger partial charge in [-0.05, 0) is 279 Å². The van der Waals surface area contributed by atoms with Crippen molar-refractivity contribution in [2.24, 2.45) is 16.2 Å². The zero-order valence-corrected chi connectivity index (χ0v) is 44.9. The van der Waals surface area contributed by atoms with Gasteiger partial charge in [0, 0.05) is 17.7 Å². The van der Waals surface area contributed by atoms with E-state index in [1.54, 1.807) is 106 Å². The fraction of sp³-hybridized carbons (Fsp3) is 0.625. The molecule has 2 heteroatoms. The number of rotatable bonds is 2. The maximum atomic E-state index is 5.15. The van der Waals surface area contributed by atoms with Gasteiger partial charge in [0.2, 0.25) is 0 Å². The predicted octanol–water partition coefficient (Wildman–Crippen LogP) is 16.0. The van der Waals surface area contributed by atoms with E-state index in [1.165, 1.54) is 135 Å². The standard InChI is InChI=1S/C40H52Si.C19H24.C5H10O/c1-23-17-29-25-13-9-11-15-27(25)31-19-39(3,4)21-33(31)35(29)37(23)41(7,8)38-24(2)18-30-26-14-10-12-16-28(26)32-20-40(5,6)22-34(32)36(30)38;1-12-8-15-13-6-4-5-7-14(13)17-10-19(2,3)11-18(17)16(15)9-12;1-5-3-2-4-6-5/h17-18,37-38H,9-16,19-22H2,1-8H3;8H,4-7,9-11H2,1-3H3;5H,2-4H2,1H3. The van der Waals surface area contributed by atoms with Gasteiger partial charge in [-0.15, -0.1) is 0 Å². The van der Waals surface area contributed by atoms with Crippen molar-refractivity contribution in [1.29, 1.82) is 0 Å². The second-order valence-electron chi connectivity index (χ2n) is 26.9. The normalized spacial score (nSPS) is 26.2. The molecule has 10 aliphatic rings. The molecule has 352 valence electrons. The largest absolute Gasteiger partial charge is 0.379 e. The molecule has 1 nitrogen and oxygen atoms in total. The fourth-order valence-corrected chi connectivity index (χ4v) is 21.8. The lowest BCUT2D eigenvalue weighted by molar-refractivity contribution is 0.125. The first-order chi connectivity index (χ1) is 31.3. The van der Waals surface area contributed by atoms with E-state index in [0.29, 0.717) is 33.4 Å². The molecule has 0 aromatic heterocycles. The summed E-state index contributed by atoms with van der Waals surface area (Å²) in [6, 6.07) is 0. The van der Waals surface area contributed by atoms with Crippen molar-refractivity contribution in [1.82, 2.24) is 0 Å². The molecule has 66 heavy (non-hydrogen) atoms. The minimum absolute atomic E-state index is 0.399. The lowest BCUT2D eigenvalue weighted by Crippen LogP contribution is -2.43. The molecule has 0 saturated carbocycles. The highest BCUT2D eigenvalue weighted by Crippen LogP contribution is 2.60. The van der Waals surface area contributed by atoms with Crippen molar-refractivity contribution < 1.29 is 4.74 Å². The van der Waals surface area contributed by atoms with Crippen molar-refractivity contribution in [3.05, 3.63) is 117 Å². The molecular formula is C64H86OSi. The first-order valence-electron chi connectivity index (χ1n) is 27.5. The van der Waals surface area contributed by atoms with Crippen molar-refractivity contribution in [3.8, 4) is 0 Å². The summed E-state index contributed by atoms with van der Waals surface area (Å²) in [5.41, 5.74) is 39.3. The van der Waals surface area contributed by atoms with Crippen molar-refractivity contribution in [2.75, 3.05) is 6.61 Å². The highest BCUT2D eigenvalue weighted by molar-refractivity contribution is 6.81. The van der Waals surface area contributed by atoms with E-state index in [2.05, 4.69) is 101 Å². The molecule has 0 N–H and O–H groups in total. The van der Waals surface area contributed by atoms with Crippen LogP contribution in [-0.4, -0.2) is 20.8 Å². The Bertz CT molecular complexity index is 2510. The Morgan fingerprint density at radius 3 is 1.18 bits per heavy atom. The summed E-state index contributed by atoms with van der Waals surface area (Å²) >= 11 is 0. The number of hydrogen-bond acceptors (Lipinski definition) is 1. The van der Waals surface area contributed by atoms with Gasteiger partial charge in [0.25, 0.3) is 0 Å². The quantitative estimate of drug-likeness (QED) is 0.233. The maximum Gasteiger partial charge on any atom is 0.0722 e. The average molecular weight is 899 g/mol. The third-order valence-electron chi connectivity index (χ3n) is 19.1. The molecule has 1 saturated heterocycles. The van der Waals surface area contributed by atoms with Gasteiger partial charge < -0.3 is 4.74 Å². The fourth-order valence-electron chi connectivity index (χ4n) is 16.8. The number of allylic oxidation sites excluding steroid dienone is 3. The second-order valence-corrected chi connectivity index (χ2v) is 31.7. The third kappa shape index (κ3) is 7.53. The van der Waals surface area contributed by atoms with Gasteiger partial charge >= 0.3 is 0 Å². The summed E-state index contributed by atoms with van der Waals surface area (Å²) in [5.74, 6) is 0. The van der Waals surface area contributed by atoms with E-state index in [0.717, 1.165) is 6.61 Å². The Labute approximate surface area is 403 Å². The molecule has 1 heterocycles. The van der Waals surface area contributed by atoms with Crippen molar-refractivity contribution in [3.63, 3.8) is 0 Å². The van der Waals surface area contributed by atoms with Crippen LogP contribution in [-0.2, 0) is 88.2 Å². The highest BCUT2D eigenvalue weighted by Gasteiger charge is 2.52. The minimum Gasteiger partial charge on any atom is -0.379 e. The first kappa shape index (κ1) is 45.5. The topological polar surface area (TPSA) is 9.23 Å². The van der Waals surface area contributed by atoms with E-state index in [4.69, 9.17) is 4.74 Å². The van der Waals surface area contributed by atoms with Crippen LogP contribution in [0.1, 0.15) is 232 Å². The van der Waals surface area contributed by atoms with Crippen LogP contribution in [0, 0.1) is 16.2 Å². The molecule has 0 bridgehead atoms. The summed E-state index contributed by atoms with van der Waals surface area (Å²) in [4.78, 5) is 0. The SMILES string of the molecule is CC1=Cc2c3c(c4c(c2C1)CC(C)(C)C4)CCCC3.CC1=Cc2c3c(c4c(c2C1[Si](C)(C)C1C(C)=Cc2c5c(c6c(c21)CC(C)(C)C6)CCCC5)CC(C)(C)C4)CCCC3.CC1CCCO1. The van der Waals surface area contributed by atoms with E-state index in [9.17, 15) is 0 Å². The Balaban J connectivity index is 0.000000158. The second kappa shape index (κ2) is 16.3. The summed E-state index contributed by atoms with van der Waals surface area (Å²) in [7, 11) is -1.87. The van der Waals surface area contributed by atoms with Crippen LogP contribution in [0.5, 0.6) is 0 Å². The Hall–Kier alpha value is -2.94. The van der Waals surface area contributed by atoms with E-state index in [1.807, 2.05) is 11.1 Å². The average Bonchev–Trinajstić information content (AvgIpc) is 4.14. The molecule has 3 atom stereocenters. The van der Waals surface area contributed by atoms with Crippen molar-refractivity contribution >= 4 is 26.3 Å². The molecule has 1 fully saturated rings. The molecule has 9 aliphatic carbocycles. The molecule has 13 rings (SSSR count). The van der Waals surface area contributed by atoms with Gasteiger partial charge in [0.05, 0.1) is 14.2 Å². The monoisotopic (exact) mass is 899 g/mol. The molecule has 1 aliphatic heterocycles. The van der Waals surface area contributed by atoms with Crippen LogP contribution in [0.4, 0.5) is 0 Å². The Morgan fingerprint density at radius 1 is 0.439 bits per heavy atom. The summed E-state index contributed by atoms with van der Waals surface area (Å²) in [5, 5.41) is 0. The van der Waals surface area contributed by atoms with E-state index in [-0.39, 0.29) is 0 Å². The molecule has 0 spiro atoms. The summed E-state index contributed by atoms with van der Waals surface area (Å²) in [6.07, 6.45) is 36.3. The molecule has 0 amide bonds. The van der Waals surface area contributed by atoms with Crippen LogP contribution in [0.2, 0.25) is 13.1 Å². The lowest BCUT2D eigenvalue weighted by atomic mass is 9.81. The number of fused-ring (bicyclic) bond motifs is 18. The van der Waals surface area contributed by atoms with Crippen LogP contribution in [0.25, 0.3) is 18.2 Å². The predicted molar refractivity (Wildman–Crippen MR) is 285 cm³/mol. The van der Waals surface area contributed by atoms with Crippen LogP contribution < -0.4 is 0 Å². The zero-order valence-electron chi connectivity index (χ0n) is 43.9. The zero-order chi connectivity index (χ0) is 46.2. The molecule has 3 aromatic rings. The van der Waals surface area contributed by atoms with Gasteiger partial charge in [0.15, 0.2) is 0 Å². The van der Waals surface area contributed by atoms with Crippen LogP contribution >= 0.6 is 0 Å². The molecule has 3 unspecified atom stereocenters. The Morgan fingerprint density at radius 2 is 0.803 bits per heavy atom. The smallest absolute Gasteiger partial charge is 0.0722 e. The maximum absolute atomic E-state index is 5.15. The number of benzene rings is 3. The van der Waals surface area contributed by atoms with Gasteiger partial charge in [-0.2, -0.15) is 0 Å². The van der Waals surface area contributed by atoms with Crippen molar-refractivity contribution in [2.45, 2.75) is 234 Å². The van der Waals surface area contributed by atoms with Gasteiger partial charge in [-0.25, -0.2) is 0 Å². The van der Waals surface area contributed by atoms with Gasteiger partial charge in [0.1, 0.15) is 0 Å². The molecule has 3 aromatic carbocycles. The summed E-state index contributed by atoms with van der Waals surface area (Å²) < 4.78 is 5.15. The van der Waals surface area contributed by atoms with Gasteiger partial charge in [-0.1, -0.05) is 89.6 Å². The molecular weight excluding hydrogens is 813 g/mol. The third-order valence-corrected chi connectivity index (χ3v) is 23.6. The summed E-state index contributed by atoms with van der Waals surface area (Å²) in [6.45, 7) is 31.1. The van der Waals surface area contributed by atoms with Crippen LogP contribution in [0.15, 0.2) is 16.7 Å². The van der Waals surface area contributed by atoms with E-state index < -0.39 is 8.07 Å². The lowest BCUT2D eigenvalue weighted by Gasteiger charge is -2.41. The van der Waals surface area contributed by atoms with Crippen LogP contribution in [0.3, 0.4) is 0 Å². The first-order valence-corrected chi connectivity index (χ1v) is 30.7. The molecule has 0 radical (unpaired) electrons. The number of hydrogen-bond donors (Lipinski definition) is 0. The van der Waals surface area contributed by atoms with Gasteiger partial charge in [-0.3, -0.25) is 0 Å². The minimum atomic E-state index is -1.87. The van der Waals surface area contributed by atoms with E-state index >= 15 is 0 Å². The number of ether oxygens (including phenoxy) is 1.